The first-order chi connectivity index (χ1) is 54.1. The number of amides is 11. The number of para-hydroxylation sites is 1. The zero-order valence-corrected chi connectivity index (χ0v) is 74.7. The third-order valence-electron chi connectivity index (χ3n) is 22.0. The van der Waals surface area contributed by atoms with Gasteiger partial charge in [-0.05, 0) is 133 Å². The number of piperazine rings is 1. The number of carbonyl (C=O) groups excluding carboxylic acids is 11. The highest BCUT2D eigenvalue weighted by atomic mass is 35.5. The van der Waals surface area contributed by atoms with Crippen molar-refractivity contribution in [3.8, 4) is 0 Å². The van der Waals surface area contributed by atoms with Crippen molar-refractivity contribution >= 4 is 110 Å². The van der Waals surface area contributed by atoms with E-state index < -0.39 is 156 Å². The number of hydrogen-bond donors (Lipinski definition) is 9. The predicted octanol–water partition coefficient (Wildman–Crippen LogP) is 5.92. The minimum atomic E-state index is -1.83. The molecule has 4 heterocycles. The Bertz CT molecular complexity index is 3820. The highest BCUT2D eigenvalue weighted by molar-refractivity contribution is 7.17. The minimum absolute atomic E-state index is 0.0347. The summed E-state index contributed by atoms with van der Waals surface area (Å²) in [6, 6.07) is -5.05. The fourth-order valence-corrected chi connectivity index (χ4v) is 15.9. The second-order valence-corrected chi connectivity index (χ2v) is 35.5. The number of aliphatic hydroxyl groups is 3. The monoisotopic (exact) mass is 1660 g/mol. The Labute approximate surface area is 696 Å². The van der Waals surface area contributed by atoms with Crippen LogP contribution >= 0.6 is 22.9 Å². The Morgan fingerprint density at radius 1 is 0.629 bits per heavy atom. The van der Waals surface area contributed by atoms with E-state index in [0.717, 1.165) is 21.8 Å². The second kappa shape index (κ2) is 44.5. The summed E-state index contributed by atoms with van der Waals surface area (Å²) in [6.45, 7) is 33.0. The van der Waals surface area contributed by atoms with Gasteiger partial charge in [0.1, 0.15) is 77.1 Å². The van der Waals surface area contributed by atoms with Crippen LogP contribution in [0.1, 0.15) is 183 Å². The Morgan fingerprint density at radius 3 is 1.70 bits per heavy atom. The Kier molecular flexibility index (Phi) is 37.8. The Morgan fingerprint density at radius 2 is 1.16 bits per heavy atom. The van der Waals surface area contributed by atoms with Gasteiger partial charge in [0.2, 0.25) is 59.1 Å². The SMILES string of the molecule is CC[C@@H]1NC(O)[C@H]([C@H](O)[C@H](C)CCCC(=O)N2CCN(c3cc(Nc4ncc(C(=O)Nc5c(C)cccc5Cl)s4)nc(C)n3)CC2)N(C)C(O)[C@H](C(C)C)N(C)C(=O)[C@H](CC(C)C)N(C)C(=O)[C@H](CC(C)C)N(C)C(=O)[C@@H](C)NC(=O)[C@H](C)NC(=O)[C@H](CC(C)C)N(C)C(=O)[C@H](C(C)C)NC(=O)[C@H](CC(C)C)N(C)C(=O)CN(C)C1=O. The average Bonchev–Trinajstić information content (AvgIpc) is 0.978. The molecule has 2 unspecified atom stereocenters. The van der Waals surface area contributed by atoms with Gasteiger partial charge in [-0.3, -0.25) is 63.0 Å². The van der Waals surface area contributed by atoms with Crippen LogP contribution in [0.25, 0.3) is 0 Å². The third-order valence-corrected chi connectivity index (χ3v) is 23.2. The molecule has 0 bridgehead atoms. The molecular weight excluding hydrogens is 1530 g/mol. The smallest absolute Gasteiger partial charge is 0.267 e. The van der Waals surface area contributed by atoms with Crippen LogP contribution in [0.4, 0.5) is 22.5 Å². The topological polar surface area (TPSA) is 388 Å². The lowest BCUT2D eigenvalue weighted by atomic mass is 9.89. The molecule has 2 aromatic heterocycles. The zero-order valence-electron chi connectivity index (χ0n) is 73.1. The van der Waals surface area contributed by atoms with Crippen LogP contribution in [0.5, 0.6) is 0 Å². The van der Waals surface area contributed by atoms with E-state index in [1.807, 2.05) is 73.3 Å². The highest BCUT2D eigenvalue weighted by Crippen LogP contribution is 2.32. The van der Waals surface area contributed by atoms with Gasteiger partial charge in [-0.15, -0.1) is 0 Å². The lowest BCUT2D eigenvalue weighted by Gasteiger charge is -2.46. The van der Waals surface area contributed by atoms with Gasteiger partial charge < -0.3 is 81.1 Å². The standard InChI is InChI=1S/C82H135ClN18O14S/c1-26-56-77(111)93(19)43-65(103)94(20)57(37-44(2)3)73(107)91-66(48(10)11)80(114)95(21)58(38-45(4)5)72(106)85-52(16)71(105)86-53(17)76(110)96(22)59(39-46(6)7)78(112)97(23)60(40-47(8)9)79(113)98(24)68(49(12)13)81(115)99(25)69(75(109)89-56)70(104)51(15)30-28-32-64(102)101-35-33-100(34-36-101)63-41-62(87-54(18)88-63)90-82-84-42-61(116-82)74(108)92-67-50(14)29-27-31-55(67)83/h27,29,31,41-42,44-49,51-53,56-60,66,68-70,75,81,89,104,109,115H,26,28,30,32-40,43H2,1-25H3,(H,85,106)(H,86,105)(H,91,107)(H,92,108)(H,84,87,88,90)/t51-,52+,53-,56+,57+,58+,59+,60+,66+,68+,69+,70-,75?,81?/m1/s1. The van der Waals surface area contributed by atoms with Crippen molar-refractivity contribution in [3.63, 3.8) is 0 Å². The summed E-state index contributed by atoms with van der Waals surface area (Å²) in [5.74, 6) is -7.23. The summed E-state index contributed by atoms with van der Waals surface area (Å²) in [4.78, 5) is 187. The molecule has 2 saturated heterocycles. The Hall–Kier alpha value is -8.21. The molecule has 650 valence electrons. The molecule has 0 radical (unpaired) electrons. The summed E-state index contributed by atoms with van der Waals surface area (Å²) in [5, 5.41) is 56.8. The number of rotatable bonds is 22. The summed E-state index contributed by atoms with van der Waals surface area (Å²) in [7, 11) is 10.2. The number of hydrogen-bond acceptors (Lipinski definition) is 22. The summed E-state index contributed by atoms with van der Waals surface area (Å²) < 4.78 is 0. The number of benzene rings is 1. The molecule has 0 saturated carbocycles. The van der Waals surface area contributed by atoms with E-state index in [0.29, 0.717) is 70.8 Å². The van der Waals surface area contributed by atoms with Crippen molar-refractivity contribution < 1.29 is 68.1 Å². The average molecular weight is 1660 g/mol. The van der Waals surface area contributed by atoms with Crippen molar-refractivity contribution in [3.05, 3.63) is 51.7 Å². The van der Waals surface area contributed by atoms with Gasteiger partial charge in [-0.1, -0.05) is 132 Å². The maximum atomic E-state index is 15.5. The number of thiazole rings is 1. The first kappa shape index (κ1) is 98.4. The van der Waals surface area contributed by atoms with E-state index in [9.17, 15) is 58.5 Å². The quantitative estimate of drug-likeness (QED) is 0.0563. The number of aromatic nitrogens is 3. The summed E-state index contributed by atoms with van der Waals surface area (Å²) in [5.41, 5.74) is 1.32. The van der Waals surface area contributed by atoms with Crippen LogP contribution in [0.2, 0.25) is 5.02 Å². The Balaban J connectivity index is 1.48. The molecule has 32 nitrogen and oxygen atoms in total. The van der Waals surface area contributed by atoms with Gasteiger partial charge in [0, 0.05) is 81.0 Å². The molecule has 116 heavy (non-hydrogen) atoms. The number of aliphatic hydroxyl groups excluding tert-OH is 3. The highest BCUT2D eigenvalue weighted by Gasteiger charge is 2.46. The number of anilines is 4. The molecule has 0 spiro atoms. The molecule has 1 aromatic carbocycles. The molecule has 34 heteroatoms. The maximum absolute atomic E-state index is 15.5. The zero-order chi connectivity index (χ0) is 87.5. The maximum Gasteiger partial charge on any atom is 0.267 e. The normalized spacial score (nSPS) is 25.0. The van der Waals surface area contributed by atoms with Crippen LogP contribution in [0.15, 0.2) is 30.5 Å². The first-order valence-electron chi connectivity index (χ1n) is 40.8. The van der Waals surface area contributed by atoms with Gasteiger partial charge in [-0.25, -0.2) is 15.0 Å². The van der Waals surface area contributed by atoms with E-state index >= 15 is 9.59 Å². The second-order valence-electron chi connectivity index (χ2n) is 34.1. The lowest BCUT2D eigenvalue weighted by molar-refractivity contribution is -0.162. The van der Waals surface area contributed by atoms with E-state index in [-0.39, 0.29) is 80.4 Å². The van der Waals surface area contributed by atoms with Crippen molar-refractivity contribution in [2.75, 3.05) is 97.6 Å². The van der Waals surface area contributed by atoms with Crippen LogP contribution in [0.3, 0.4) is 0 Å². The van der Waals surface area contributed by atoms with Crippen molar-refractivity contribution in [1.29, 1.82) is 0 Å². The summed E-state index contributed by atoms with van der Waals surface area (Å²) in [6.07, 6.45) is -2.33. The number of aryl methyl sites for hydroxylation is 2. The molecular formula is C82H135ClN18O14S. The molecule has 9 N–H and O–H groups in total. The lowest BCUT2D eigenvalue weighted by Crippen LogP contribution is -2.66. The molecule has 2 aliphatic heterocycles. The number of likely N-dealkylation sites (N-methyl/N-ethyl adjacent to an activating group) is 7. The van der Waals surface area contributed by atoms with Crippen molar-refractivity contribution in [2.24, 2.45) is 41.4 Å². The van der Waals surface area contributed by atoms with Gasteiger partial charge in [-0.2, -0.15) is 0 Å². The van der Waals surface area contributed by atoms with Crippen molar-refractivity contribution in [1.82, 2.24) is 75.4 Å². The van der Waals surface area contributed by atoms with Gasteiger partial charge in [0.15, 0.2) is 5.13 Å². The number of nitrogens with one attached hydrogen (secondary N) is 6. The molecule has 2 fully saturated rings. The van der Waals surface area contributed by atoms with Crippen molar-refractivity contribution in [2.45, 2.75) is 255 Å². The fraction of sp³-hybridized carbons (Fsp3) is 0.707. The van der Waals surface area contributed by atoms with Crippen LogP contribution in [-0.4, -0.2) is 295 Å². The molecule has 2 aliphatic rings. The first-order valence-corrected chi connectivity index (χ1v) is 42.0. The van der Waals surface area contributed by atoms with Gasteiger partial charge in [0.25, 0.3) is 5.91 Å². The van der Waals surface area contributed by atoms with E-state index in [1.165, 1.54) is 98.8 Å². The van der Waals surface area contributed by atoms with E-state index in [2.05, 4.69) is 41.9 Å². The molecule has 14 atom stereocenters. The predicted molar refractivity (Wildman–Crippen MR) is 450 cm³/mol. The number of nitrogens with zero attached hydrogens (tertiary/aromatic N) is 12. The third kappa shape index (κ3) is 26.6. The molecule has 5 rings (SSSR count). The molecule has 11 amide bonds. The fourth-order valence-electron chi connectivity index (χ4n) is 14.9. The molecule has 0 aliphatic carbocycles. The van der Waals surface area contributed by atoms with E-state index in [1.54, 1.807) is 71.6 Å². The molecule has 3 aromatic rings. The van der Waals surface area contributed by atoms with Gasteiger partial charge >= 0.3 is 0 Å². The van der Waals surface area contributed by atoms with Crippen LogP contribution in [0, 0.1) is 55.3 Å². The van der Waals surface area contributed by atoms with Crippen LogP contribution < -0.4 is 36.8 Å². The summed E-state index contributed by atoms with van der Waals surface area (Å²) >= 11 is 7.51. The van der Waals surface area contributed by atoms with Gasteiger partial charge in [0.05, 0.1) is 47.7 Å². The van der Waals surface area contributed by atoms with E-state index in [4.69, 9.17) is 16.6 Å². The minimum Gasteiger partial charge on any atom is -0.391 e. The number of halogens is 1. The number of carbonyl (C=O) groups is 11. The largest absolute Gasteiger partial charge is 0.391 e. The van der Waals surface area contributed by atoms with Crippen LogP contribution in [-0.2, 0) is 47.9 Å².